The van der Waals surface area contributed by atoms with Crippen molar-refractivity contribution in [1.82, 2.24) is 20.2 Å². The molecule has 0 spiro atoms. The third kappa shape index (κ3) is 4.02. The number of rotatable bonds is 8. The number of aliphatic carboxylic acids is 1. The van der Waals surface area contributed by atoms with Crippen LogP contribution in [0.15, 0.2) is 0 Å². The largest absolute Gasteiger partial charge is 0.481 e. The zero-order chi connectivity index (χ0) is 15.3. The summed E-state index contributed by atoms with van der Waals surface area (Å²) in [6.45, 7) is 10.9. The molecule has 6 heteroatoms. The quantitative estimate of drug-likeness (QED) is 0.792. The lowest BCUT2D eigenvalue weighted by Gasteiger charge is -2.27. The van der Waals surface area contributed by atoms with Gasteiger partial charge >= 0.3 is 5.97 Å². The number of aryl methyl sites for hydroxylation is 1. The average molecular weight is 282 g/mol. The van der Waals surface area contributed by atoms with Gasteiger partial charge in [0.25, 0.3) is 0 Å². The Hall–Kier alpha value is -1.46. The Morgan fingerprint density at radius 3 is 2.40 bits per heavy atom. The molecular formula is C14H26N4O2. The van der Waals surface area contributed by atoms with E-state index >= 15 is 0 Å². The van der Waals surface area contributed by atoms with E-state index in [4.69, 9.17) is 0 Å². The highest BCUT2D eigenvalue weighted by Gasteiger charge is 2.35. The summed E-state index contributed by atoms with van der Waals surface area (Å²) in [5.41, 5.74) is 0. The van der Waals surface area contributed by atoms with Gasteiger partial charge in [0.15, 0.2) is 5.82 Å². The van der Waals surface area contributed by atoms with Gasteiger partial charge in [-0.25, -0.2) is 4.68 Å². The third-order valence-corrected chi connectivity index (χ3v) is 3.49. The molecule has 0 bridgehead atoms. The van der Waals surface area contributed by atoms with Gasteiger partial charge < -0.3 is 5.11 Å². The van der Waals surface area contributed by atoms with Crippen molar-refractivity contribution in [3.63, 3.8) is 0 Å². The summed E-state index contributed by atoms with van der Waals surface area (Å²) in [4.78, 5) is 11.7. The maximum Gasteiger partial charge on any atom is 0.307 e. The molecule has 0 aliphatic heterocycles. The van der Waals surface area contributed by atoms with Gasteiger partial charge in [-0.1, -0.05) is 34.6 Å². The zero-order valence-electron chi connectivity index (χ0n) is 13.1. The van der Waals surface area contributed by atoms with Crippen LogP contribution in [-0.4, -0.2) is 31.3 Å². The normalized spacial score (nSPS) is 14.8. The molecule has 1 N–H and O–H groups in total. The molecule has 0 amide bonds. The molecule has 114 valence electrons. The molecule has 0 unspecified atom stereocenters. The number of carboxylic acids is 1. The van der Waals surface area contributed by atoms with Crippen LogP contribution in [0.2, 0.25) is 0 Å². The number of tetrazole rings is 1. The summed E-state index contributed by atoms with van der Waals surface area (Å²) in [6, 6.07) is 0. The van der Waals surface area contributed by atoms with Crippen LogP contribution in [0.4, 0.5) is 0 Å². The first-order valence-electron chi connectivity index (χ1n) is 7.37. The molecule has 1 aromatic rings. The van der Waals surface area contributed by atoms with Crippen LogP contribution in [-0.2, 0) is 11.3 Å². The van der Waals surface area contributed by atoms with Crippen LogP contribution in [0, 0.1) is 17.8 Å². The third-order valence-electron chi connectivity index (χ3n) is 3.49. The van der Waals surface area contributed by atoms with Crippen molar-refractivity contribution in [2.75, 3.05) is 0 Å². The number of carbonyl (C=O) groups is 1. The summed E-state index contributed by atoms with van der Waals surface area (Å²) in [5.74, 6) is -0.157. The number of hydrogen-bond donors (Lipinski definition) is 1. The molecule has 1 rings (SSSR count). The van der Waals surface area contributed by atoms with Crippen LogP contribution in [0.1, 0.15) is 59.2 Å². The van der Waals surface area contributed by atoms with Gasteiger partial charge in [-0.3, -0.25) is 4.79 Å². The Morgan fingerprint density at radius 2 is 1.95 bits per heavy atom. The van der Waals surface area contributed by atoms with E-state index in [1.54, 1.807) is 4.68 Å². The Morgan fingerprint density at radius 1 is 1.30 bits per heavy atom. The highest BCUT2D eigenvalue weighted by atomic mass is 16.4. The van der Waals surface area contributed by atoms with Crippen LogP contribution < -0.4 is 0 Å². The minimum Gasteiger partial charge on any atom is -0.481 e. The Kier molecular flexibility index (Phi) is 6.10. The lowest BCUT2D eigenvalue weighted by Crippen LogP contribution is -2.29. The predicted molar refractivity (Wildman–Crippen MR) is 76.3 cm³/mol. The van der Waals surface area contributed by atoms with Gasteiger partial charge in [-0.2, -0.15) is 0 Å². The lowest BCUT2D eigenvalue weighted by molar-refractivity contribution is -0.143. The first-order chi connectivity index (χ1) is 9.38. The van der Waals surface area contributed by atoms with Gasteiger partial charge in [0.05, 0.1) is 5.92 Å². The molecule has 1 aromatic heterocycles. The molecule has 1 heterocycles. The maximum atomic E-state index is 11.7. The van der Waals surface area contributed by atoms with Crippen LogP contribution >= 0.6 is 0 Å². The van der Waals surface area contributed by atoms with E-state index in [2.05, 4.69) is 22.4 Å². The van der Waals surface area contributed by atoms with Gasteiger partial charge in [0, 0.05) is 12.5 Å². The Balaban J connectivity index is 3.13. The summed E-state index contributed by atoms with van der Waals surface area (Å²) < 4.78 is 1.75. The maximum absolute atomic E-state index is 11.7. The molecule has 0 saturated heterocycles. The standard InChI is InChI=1S/C14H26N4O2/c1-6-7-18-13(15-16-17-18)12(10(4)5)11(14(19)20)8-9(2)3/h9-12H,6-8H2,1-5H3,(H,19,20)/t11-,12-/m1/s1. The smallest absolute Gasteiger partial charge is 0.307 e. The van der Waals surface area contributed by atoms with Gasteiger partial charge in [0.1, 0.15) is 0 Å². The molecule has 0 aliphatic carbocycles. The fourth-order valence-corrected chi connectivity index (χ4v) is 2.67. The van der Waals surface area contributed by atoms with E-state index in [0.717, 1.165) is 13.0 Å². The second-order valence-electron chi connectivity index (χ2n) is 6.10. The SMILES string of the molecule is CCCn1nnnc1[C@H](C(C)C)[C@@H](CC(C)C)C(=O)O. The molecule has 6 nitrogen and oxygen atoms in total. The molecule has 2 atom stereocenters. The second-order valence-corrected chi connectivity index (χ2v) is 6.10. The fourth-order valence-electron chi connectivity index (χ4n) is 2.67. The van der Waals surface area contributed by atoms with Crippen molar-refractivity contribution in [2.45, 2.75) is 59.9 Å². The Bertz CT molecular complexity index is 429. The molecule has 0 aliphatic rings. The topological polar surface area (TPSA) is 80.9 Å². The highest BCUT2D eigenvalue weighted by molar-refractivity contribution is 5.71. The number of carboxylic acid groups (broad SMARTS) is 1. The van der Waals surface area contributed by atoms with Gasteiger partial charge in [0.2, 0.25) is 0 Å². The molecular weight excluding hydrogens is 256 g/mol. The van der Waals surface area contributed by atoms with E-state index in [0.29, 0.717) is 18.2 Å². The minimum absolute atomic E-state index is 0.156. The van der Waals surface area contributed by atoms with Crippen molar-refractivity contribution < 1.29 is 9.90 Å². The number of aromatic nitrogens is 4. The van der Waals surface area contributed by atoms with Crippen molar-refractivity contribution >= 4 is 5.97 Å². The first-order valence-corrected chi connectivity index (χ1v) is 7.37. The van der Waals surface area contributed by atoms with Crippen LogP contribution in [0.25, 0.3) is 0 Å². The molecule has 20 heavy (non-hydrogen) atoms. The fraction of sp³-hybridized carbons (Fsp3) is 0.857. The summed E-state index contributed by atoms with van der Waals surface area (Å²) in [5, 5.41) is 21.4. The van der Waals surface area contributed by atoms with Gasteiger partial charge in [-0.15, -0.1) is 5.10 Å². The number of hydrogen-bond acceptors (Lipinski definition) is 4. The summed E-state index contributed by atoms with van der Waals surface area (Å²) in [7, 11) is 0. The minimum atomic E-state index is -0.761. The van der Waals surface area contributed by atoms with E-state index in [1.807, 2.05) is 27.7 Å². The van der Waals surface area contributed by atoms with Gasteiger partial charge in [-0.05, 0) is 35.1 Å². The predicted octanol–water partition coefficient (Wildman–Crippen LogP) is 2.57. The first kappa shape index (κ1) is 16.6. The van der Waals surface area contributed by atoms with Crippen molar-refractivity contribution in [3.8, 4) is 0 Å². The summed E-state index contributed by atoms with van der Waals surface area (Å²) in [6.07, 6.45) is 1.56. The second kappa shape index (κ2) is 7.36. The van der Waals surface area contributed by atoms with E-state index in [1.165, 1.54) is 0 Å². The van der Waals surface area contributed by atoms with Crippen molar-refractivity contribution in [1.29, 1.82) is 0 Å². The average Bonchev–Trinajstić information content (AvgIpc) is 2.76. The lowest BCUT2D eigenvalue weighted by atomic mass is 9.78. The van der Waals surface area contributed by atoms with Crippen LogP contribution in [0.5, 0.6) is 0 Å². The van der Waals surface area contributed by atoms with E-state index < -0.39 is 11.9 Å². The van der Waals surface area contributed by atoms with Crippen molar-refractivity contribution in [3.05, 3.63) is 5.82 Å². The zero-order valence-corrected chi connectivity index (χ0v) is 13.1. The summed E-state index contributed by atoms with van der Waals surface area (Å²) >= 11 is 0. The molecule has 0 aromatic carbocycles. The van der Waals surface area contributed by atoms with Crippen LogP contribution in [0.3, 0.4) is 0 Å². The number of nitrogens with zero attached hydrogens (tertiary/aromatic N) is 4. The molecule has 0 fully saturated rings. The van der Waals surface area contributed by atoms with E-state index in [9.17, 15) is 9.90 Å². The molecule has 0 radical (unpaired) electrons. The Labute approximate surface area is 120 Å². The highest BCUT2D eigenvalue weighted by Crippen LogP contribution is 2.34. The monoisotopic (exact) mass is 282 g/mol. The van der Waals surface area contributed by atoms with Crippen molar-refractivity contribution in [2.24, 2.45) is 17.8 Å². The van der Waals surface area contributed by atoms with E-state index in [-0.39, 0.29) is 11.8 Å². The molecule has 0 saturated carbocycles.